The fraction of sp³-hybridized carbons (Fsp3) is 0.263. The molecule has 0 atom stereocenters. The molecule has 1 aromatic heterocycles. The van der Waals surface area contributed by atoms with Gasteiger partial charge in [0.05, 0.1) is 10.4 Å². The van der Waals surface area contributed by atoms with Crippen molar-refractivity contribution in [1.82, 2.24) is 4.98 Å². The molecule has 3 aromatic rings. The number of aryl methyl sites for hydroxylation is 1. The summed E-state index contributed by atoms with van der Waals surface area (Å²) >= 11 is 0. The number of aromatic amines is 1. The predicted molar refractivity (Wildman–Crippen MR) is 102 cm³/mol. The van der Waals surface area contributed by atoms with E-state index in [1.807, 2.05) is 19.1 Å². The highest BCUT2D eigenvalue weighted by molar-refractivity contribution is 7.90. The second-order valence-corrected chi connectivity index (χ2v) is 8.84. The van der Waals surface area contributed by atoms with E-state index in [2.05, 4.69) is 35.4 Å². The maximum atomic E-state index is 12.5. The number of benzene rings is 2. The molecule has 0 aliphatic heterocycles. The molecule has 0 amide bonds. The Hall–Kier alpha value is -2.67. The highest BCUT2D eigenvalue weighted by Crippen LogP contribution is 2.37. The van der Waals surface area contributed by atoms with Crippen molar-refractivity contribution in [2.45, 2.75) is 38.0 Å². The second-order valence-electron chi connectivity index (χ2n) is 7.25. The third-order valence-corrected chi connectivity index (χ3v) is 5.43. The quantitative estimate of drug-likeness (QED) is 0.638. The molecule has 0 fully saturated rings. The van der Waals surface area contributed by atoms with E-state index in [0.717, 1.165) is 11.1 Å². The van der Waals surface area contributed by atoms with Gasteiger partial charge in [0.15, 0.2) is 5.69 Å². The van der Waals surface area contributed by atoms with E-state index in [0.29, 0.717) is 10.9 Å². The normalized spacial score (nSPS) is 12.9. The van der Waals surface area contributed by atoms with Gasteiger partial charge in [0.25, 0.3) is 10.0 Å². The molecule has 0 aliphatic carbocycles. The van der Waals surface area contributed by atoms with Gasteiger partial charge >= 0.3 is 0 Å². The van der Waals surface area contributed by atoms with Crippen molar-refractivity contribution in [1.29, 1.82) is 0 Å². The third-order valence-electron chi connectivity index (χ3n) is 4.26. The lowest BCUT2D eigenvalue weighted by atomic mass is 9.87. The van der Waals surface area contributed by atoms with Crippen molar-refractivity contribution in [3.05, 3.63) is 53.6 Å². The van der Waals surface area contributed by atoms with Gasteiger partial charge < -0.3 is 10.1 Å². The first-order valence-corrected chi connectivity index (χ1v) is 9.62. The van der Waals surface area contributed by atoms with Crippen LogP contribution in [0.3, 0.4) is 0 Å². The molecule has 0 radical (unpaired) electrons. The van der Waals surface area contributed by atoms with Crippen molar-refractivity contribution in [2.24, 2.45) is 9.63 Å². The number of rotatable bonds is 3. The zero-order valence-corrected chi connectivity index (χ0v) is 15.9. The number of para-hydroxylation sites is 1. The molecule has 0 aliphatic rings. The van der Waals surface area contributed by atoms with Gasteiger partial charge in [-0.3, -0.25) is 0 Å². The van der Waals surface area contributed by atoms with Gasteiger partial charge in [-0.2, -0.15) is 8.42 Å². The van der Waals surface area contributed by atoms with Crippen LogP contribution in [-0.2, 0) is 15.4 Å². The minimum Gasteiger partial charge on any atom is -0.493 e. The minimum absolute atomic E-state index is 0.0600. The number of hydrogen-bond donors (Lipinski definition) is 2. The summed E-state index contributed by atoms with van der Waals surface area (Å²) in [5, 5.41) is 14.5. The first-order valence-electron chi connectivity index (χ1n) is 8.18. The highest BCUT2D eigenvalue weighted by atomic mass is 32.2. The van der Waals surface area contributed by atoms with Crippen LogP contribution in [0.5, 0.6) is 5.88 Å². The van der Waals surface area contributed by atoms with Gasteiger partial charge in [0.1, 0.15) is 0 Å². The first-order chi connectivity index (χ1) is 12.1. The molecular formula is C19H21N3O3S. The minimum atomic E-state index is -3.96. The molecule has 3 rings (SSSR count). The van der Waals surface area contributed by atoms with Crippen LogP contribution in [0, 0.1) is 6.92 Å². The van der Waals surface area contributed by atoms with Crippen LogP contribution in [0.15, 0.2) is 57.0 Å². The van der Waals surface area contributed by atoms with E-state index < -0.39 is 10.0 Å². The molecule has 0 spiro atoms. The zero-order chi connectivity index (χ0) is 19.1. The molecule has 136 valence electrons. The number of fused-ring (bicyclic) bond motifs is 1. The summed E-state index contributed by atoms with van der Waals surface area (Å²) in [7, 11) is -3.96. The largest absolute Gasteiger partial charge is 0.493 e. The summed E-state index contributed by atoms with van der Waals surface area (Å²) < 4.78 is 28.4. The molecular weight excluding hydrogens is 350 g/mol. The van der Waals surface area contributed by atoms with Crippen molar-refractivity contribution >= 4 is 26.6 Å². The summed E-state index contributed by atoms with van der Waals surface area (Å²) in [5.41, 5.74) is 2.68. The predicted octanol–water partition coefficient (Wildman–Crippen LogP) is 4.95. The molecule has 0 saturated carbocycles. The zero-order valence-electron chi connectivity index (χ0n) is 15.1. The Kier molecular flexibility index (Phi) is 4.36. The average Bonchev–Trinajstić information content (AvgIpc) is 2.89. The van der Waals surface area contributed by atoms with E-state index in [1.54, 1.807) is 18.2 Å². The summed E-state index contributed by atoms with van der Waals surface area (Å²) in [6.45, 7) is 8.04. The van der Waals surface area contributed by atoms with Crippen molar-refractivity contribution in [2.75, 3.05) is 0 Å². The van der Waals surface area contributed by atoms with Gasteiger partial charge in [0.2, 0.25) is 5.88 Å². The molecule has 2 N–H and O–H groups in total. The van der Waals surface area contributed by atoms with Crippen LogP contribution in [0.2, 0.25) is 0 Å². The van der Waals surface area contributed by atoms with Gasteiger partial charge in [-0.05, 0) is 35.6 Å². The van der Waals surface area contributed by atoms with Crippen LogP contribution < -0.4 is 0 Å². The van der Waals surface area contributed by atoms with Crippen LogP contribution in [0.1, 0.15) is 31.9 Å². The maximum absolute atomic E-state index is 12.5. The van der Waals surface area contributed by atoms with E-state index in [4.69, 9.17) is 0 Å². The third kappa shape index (κ3) is 3.35. The molecule has 2 aromatic carbocycles. The second kappa shape index (κ2) is 6.25. The standard InChI is InChI=1S/C19H21N3O3S/c1-12-6-5-7-15-16(12)20-18(23)17(15)21-22-26(24,25)14-10-8-13(9-11-14)19(2,3)4/h5-11,20,23H,1-4H3. The Labute approximate surface area is 152 Å². The lowest BCUT2D eigenvalue weighted by Crippen LogP contribution is -2.11. The van der Waals surface area contributed by atoms with Gasteiger partial charge in [-0.25, -0.2) is 0 Å². The topological polar surface area (TPSA) is 94.9 Å². The Morgan fingerprint density at radius 2 is 1.69 bits per heavy atom. The van der Waals surface area contributed by atoms with Crippen molar-refractivity contribution in [3.63, 3.8) is 0 Å². The van der Waals surface area contributed by atoms with Crippen LogP contribution in [0.4, 0.5) is 5.69 Å². The molecule has 6 nitrogen and oxygen atoms in total. The van der Waals surface area contributed by atoms with Gasteiger partial charge in [-0.1, -0.05) is 55.6 Å². The van der Waals surface area contributed by atoms with Crippen molar-refractivity contribution in [3.8, 4) is 5.88 Å². The Morgan fingerprint density at radius 1 is 1.04 bits per heavy atom. The smallest absolute Gasteiger partial charge is 0.299 e. The lowest BCUT2D eigenvalue weighted by Gasteiger charge is -2.18. The number of aromatic hydroxyl groups is 1. The van der Waals surface area contributed by atoms with Gasteiger partial charge in [-0.15, -0.1) is 5.11 Å². The molecule has 7 heteroatoms. The number of sulfonamides is 1. The lowest BCUT2D eigenvalue weighted by molar-refractivity contribution is 0.459. The number of aromatic nitrogens is 1. The Balaban J connectivity index is 1.98. The number of H-pyrrole nitrogens is 1. The molecule has 0 saturated heterocycles. The highest BCUT2D eigenvalue weighted by Gasteiger charge is 2.18. The van der Waals surface area contributed by atoms with Gasteiger partial charge in [0, 0.05) is 5.39 Å². The Morgan fingerprint density at radius 3 is 2.31 bits per heavy atom. The van der Waals surface area contributed by atoms with E-state index in [-0.39, 0.29) is 21.9 Å². The average molecular weight is 371 g/mol. The number of nitrogens with zero attached hydrogens (tertiary/aromatic N) is 2. The monoisotopic (exact) mass is 371 g/mol. The molecule has 0 unspecified atom stereocenters. The first kappa shape index (κ1) is 18.1. The van der Waals surface area contributed by atoms with Crippen LogP contribution in [-0.4, -0.2) is 18.5 Å². The Bertz CT molecular complexity index is 1090. The molecule has 1 heterocycles. The van der Waals surface area contributed by atoms with Crippen LogP contribution in [0.25, 0.3) is 10.9 Å². The number of hydrogen-bond acceptors (Lipinski definition) is 4. The van der Waals surface area contributed by atoms with E-state index in [1.165, 1.54) is 12.1 Å². The maximum Gasteiger partial charge on any atom is 0.299 e. The summed E-state index contributed by atoms with van der Waals surface area (Å²) in [5.74, 6) is -0.212. The van der Waals surface area contributed by atoms with Crippen LogP contribution >= 0.6 is 0 Å². The SMILES string of the molecule is Cc1cccc2c(N=NS(=O)(=O)c3ccc(C(C)(C)C)cc3)c(O)[nH]c12. The van der Waals surface area contributed by atoms with Crippen molar-refractivity contribution < 1.29 is 13.5 Å². The molecule has 26 heavy (non-hydrogen) atoms. The van der Waals surface area contributed by atoms with E-state index in [9.17, 15) is 13.5 Å². The fourth-order valence-electron chi connectivity index (χ4n) is 2.71. The van der Waals surface area contributed by atoms with E-state index >= 15 is 0 Å². The summed E-state index contributed by atoms with van der Waals surface area (Å²) in [6.07, 6.45) is 0. The fourth-order valence-corrected chi connectivity index (χ4v) is 3.47. The summed E-state index contributed by atoms with van der Waals surface area (Å²) in [4.78, 5) is 2.86. The summed E-state index contributed by atoms with van der Waals surface area (Å²) in [6, 6.07) is 12.0. The molecule has 0 bridgehead atoms. The number of nitrogens with one attached hydrogen (secondary N) is 1.